The Labute approximate surface area is 228 Å². The summed E-state index contributed by atoms with van der Waals surface area (Å²) in [5, 5.41) is 10.3. The van der Waals surface area contributed by atoms with Crippen LogP contribution in [0.5, 0.6) is 17.2 Å². The lowest BCUT2D eigenvalue weighted by molar-refractivity contribution is -0.140. The predicted octanol–water partition coefficient (Wildman–Crippen LogP) is 8.63. The monoisotopic (exact) mass is 522 g/mol. The van der Waals surface area contributed by atoms with E-state index in [1.807, 2.05) is 13.8 Å². The molecule has 208 valence electrons. The average Bonchev–Trinajstić information content (AvgIpc) is 2.94. The van der Waals surface area contributed by atoms with Crippen molar-refractivity contribution in [2.24, 2.45) is 11.8 Å². The maximum atomic E-state index is 12.8. The standard InChI is InChI=1S/C33H46O5/c1-4-6-7-8-9-10-11-22-37-28-18-16-26(17-19-28)25-12-14-27(15-13-25)33(36)38-29-20-21-30(31(34)23-29)32(35)24(3)5-2/h16-21,23-25,27,34H,4-15,22H2,1-3H3. The van der Waals surface area contributed by atoms with Crippen LogP contribution in [0.3, 0.4) is 0 Å². The molecule has 0 heterocycles. The van der Waals surface area contributed by atoms with Gasteiger partial charge in [0.15, 0.2) is 5.78 Å². The number of rotatable bonds is 15. The van der Waals surface area contributed by atoms with E-state index in [0.29, 0.717) is 12.3 Å². The van der Waals surface area contributed by atoms with Gasteiger partial charge in [-0.2, -0.15) is 0 Å². The third-order valence-electron chi connectivity index (χ3n) is 7.94. The number of aromatic hydroxyl groups is 1. The fraction of sp³-hybridized carbons (Fsp3) is 0.576. The second-order valence-corrected chi connectivity index (χ2v) is 10.9. The first-order chi connectivity index (χ1) is 18.4. The third kappa shape index (κ3) is 8.89. The first kappa shape index (κ1) is 29.7. The molecule has 2 aromatic carbocycles. The topological polar surface area (TPSA) is 72.8 Å². The van der Waals surface area contributed by atoms with Crippen LogP contribution in [0.25, 0.3) is 0 Å². The molecule has 5 heteroatoms. The molecule has 1 unspecified atom stereocenters. The fourth-order valence-electron chi connectivity index (χ4n) is 5.18. The van der Waals surface area contributed by atoms with E-state index in [1.165, 1.54) is 50.2 Å². The van der Waals surface area contributed by atoms with E-state index in [9.17, 15) is 14.7 Å². The van der Waals surface area contributed by atoms with Gasteiger partial charge in [-0.25, -0.2) is 0 Å². The van der Waals surface area contributed by atoms with Crippen LogP contribution in [0.15, 0.2) is 42.5 Å². The zero-order valence-electron chi connectivity index (χ0n) is 23.5. The highest BCUT2D eigenvalue weighted by molar-refractivity contribution is 6.00. The van der Waals surface area contributed by atoms with E-state index >= 15 is 0 Å². The second-order valence-electron chi connectivity index (χ2n) is 10.9. The lowest BCUT2D eigenvalue weighted by Crippen LogP contribution is -2.25. The van der Waals surface area contributed by atoms with E-state index in [1.54, 1.807) is 12.1 Å². The van der Waals surface area contributed by atoms with Crippen molar-refractivity contribution >= 4 is 11.8 Å². The summed E-state index contributed by atoms with van der Waals surface area (Å²) in [6.07, 6.45) is 13.1. The molecular weight excluding hydrogens is 476 g/mol. The largest absolute Gasteiger partial charge is 0.507 e. The zero-order chi connectivity index (χ0) is 27.3. The van der Waals surface area contributed by atoms with Crippen LogP contribution in [0.2, 0.25) is 0 Å². The summed E-state index contributed by atoms with van der Waals surface area (Å²) in [6, 6.07) is 13.0. The van der Waals surface area contributed by atoms with Gasteiger partial charge in [-0.3, -0.25) is 9.59 Å². The van der Waals surface area contributed by atoms with Crippen LogP contribution in [-0.2, 0) is 4.79 Å². The van der Waals surface area contributed by atoms with Crippen molar-refractivity contribution in [2.45, 2.75) is 104 Å². The summed E-state index contributed by atoms with van der Waals surface area (Å²) < 4.78 is 11.5. The van der Waals surface area contributed by atoms with E-state index < -0.39 is 0 Å². The minimum atomic E-state index is -0.266. The van der Waals surface area contributed by atoms with Gasteiger partial charge in [0.05, 0.1) is 18.1 Å². The Morgan fingerprint density at radius 3 is 2.13 bits per heavy atom. The molecule has 1 atom stereocenters. The first-order valence-electron chi connectivity index (χ1n) is 14.7. The number of carbonyl (C=O) groups excluding carboxylic acids is 2. The Morgan fingerprint density at radius 1 is 0.868 bits per heavy atom. The number of ketones is 1. The Bertz CT molecular complexity index is 1000. The van der Waals surface area contributed by atoms with E-state index in [4.69, 9.17) is 9.47 Å². The molecule has 0 spiro atoms. The molecule has 0 aromatic heterocycles. The van der Waals surface area contributed by atoms with Crippen molar-refractivity contribution in [3.05, 3.63) is 53.6 Å². The van der Waals surface area contributed by atoms with Crippen molar-refractivity contribution < 1.29 is 24.2 Å². The first-order valence-corrected chi connectivity index (χ1v) is 14.7. The van der Waals surface area contributed by atoms with Crippen LogP contribution >= 0.6 is 0 Å². The molecule has 0 radical (unpaired) electrons. The average molecular weight is 523 g/mol. The fourth-order valence-corrected chi connectivity index (χ4v) is 5.18. The molecular formula is C33H46O5. The van der Waals surface area contributed by atoms with Gasteiger partial charge < -0.3 is 14.6 Å². The predicted molar refractivity (Wildman–Crippen MR) is 152 cm³/mol. The quantitative estimate of drug-likeness (QED) is 0.110. The van der Waals surface area contributed by atoms with Crippen LogP contribution in [-0.4, -0.2) is 23.5 Å². The third-order valence-corrected chi connectivity index (χ3v) is 7.94. The van der Waals surface area contributed by atoms with Crippen LogP contribution in [0.1, 0.15) is 120 Å². The molecule has 1 N–H and O–H groups in total. The van der Waals surface area contributed by atoms with Gasteiger partial charge >= 0.3 is 5.97 Å². The Morgan fingerprint density at radius 2 is 1.50 bits per heavy atom. The molecule has 1 saturated carbocycles. The Balaban J connectivity index is 1.40. The normalized spacial score (nSPS) is 18.1. The molecule has 5 nitrogen and oxygen atoms in total. The van der Waals surface area contributed by atoms with Crippen molar-refractivity contribution in [1.29, 1.82) is 0 Å². The minimum absolute atomic E-state index is 0.103. The molecule has 0 aliphatic heterocycles. The highest BCUT2D eigenvalue weighted by atomic mass is 16.5. The smallest absolute Gasteiger partial charge is 0.314 e. The van der Waals surface area contributed by atoms with E-state index in [0.717, 1.165) is 44.5 Å². The lowest BCUT2D eigenvalue weighted by atomic mass is 9.79. The number of phenols is 1. The summed E-state index contributed by atoms with van der Waals surface area (Å²) in [4.78, 5) is 25.1. The number of carbonyl (C=O) groups is 2. The number of Topliss-reactive ketones (excluding diaryl/α,β-unsaturated/α-hetero) is 1. The molecule has 1 fully saturated rings. The second kappa shape index (κ2) is 15.6. The maximum absolute atomic E-state index is 12.8. The Kier molecular flexibility index (Phi) is 12.2. The number of unbranched alkanes of at least 4 members (excludes halogenated alkanes) is 6. The number of ether oxygens (including phenoxy) is 2. The van der Waals surface area contributed by atoms with Gasteiger partial charge in [-0.15, -0.1) is 0 Å². The SMILES string of the molecule is CCCCCCCCCOc1ccc(C2CCC(C(=O)Oc3ccc(C(=O)C(C)CC)c(O)c3)CC2)cc1. The van der Waals surface area contributed by atoms with Crippen LogP contribution in [0, 0.1) is 11.8 Å². The van der Waals surface area contributed by atoms with E-state index in [2.05, 4.69) is 31.2 Å². The lowest BCUT2D eigenvalue weighted by Gasteiger charge is -2.27. The minimum Gasteiger partial charge on any atom is -0.507 e. The van der Waals surface area contributed by atoms with Gasteiger partial charge in [0, 0.05) is 12.0 Å². The van der Waals surface area contributed by atoms with Crippen molar-refractivity contribution in [1.82, 2.24) is 0 Å². The van der Waals surface area contributed by atoms with Crippen molar-refractivity contribution in [2.75, 3.05) is 6.61 Å². The number of phenolic OH excluding ortho intramolecular Hbond substituents is 1. The van der Waals surface area contributed by atoms with Crippen LogP contribution < -0.4 is 9.47 Å². The summed E-state index contributed by atoms with van der Waals surface area (Å²) in [5.41, 5.74) is 1.57. The highest BCUT2D eigenvalue weighted by Gasteiger charge is 2.29. The van der Waals surface area contributed by atoms with Gasteiger partial charge in [0.1, 0.15) is 17.2 Å². The number of hydrogen-bond acceptors (Lipinski definition) is 5. The molecule has 1 aliphatic rings. The number of hydrogen-bond donors (Lipinski definition) is 1. The number of benzene rings is 2. The maximum Gasteiger partial charge on any atom is 0.314 e. The van der Waals surface area contributed by atoms with Gasteiger partial charge in [0.25, 0.3) is 0 Å². The van der Waals surface area contributed by atoms with E-state index in [-0.39, 0.29) is 40.7 Å². The summed E-state index contributed by atoms with van der Waals surface area (Å²) in [6.45, 7) is 6.80. The molecule has 38 heavy (non-hydrogen) atoms. The van der Waals surface area contributed by atoms with Crippen LogP contribution in [0.4, 0.5) is 0 Å². The Hall–Kier alpha value is -2.82. The van der Waals surface area contributed by atoms with Gasteiger partial charge in [-0.05, 0) is 74.3 Å². The summed E-state index contributed by atoms with van der Waals surface area (Å²) in [7, 11) is 0. The zero-order valence-corrected chi connectivity index (χ0v) is 23.5. The molecule has 3 rings (SSSR count). The molecule has 0 bridgehead atoms. The van der Waals surface area contributed by atoms with Gasteiger partial charge in [-0.1, -0.05) is 71.4 Å². The molecule has 0 saturated heterocycles. The molecule has 0 amide bonds. The summed E-state index contributed by atoms with van der Waals surface area (Å²) >= 11 is 0. The molecule has 2 aromatic rings. The van der Waals surface area contributed by atoms with Crippen molar-refractivity contribution in [3.63, 3.8) is 0 Å². The number of esters is 1. The van der Waals surface area contributed by atoms with Gasteiger partial charge in [0.2, 0.25) is 0 Å². The molecule has 1 aliphatic carbocycles. The highest BCUT2D eigenvalue weighted by Crippen LogP contribution is 2.37. The summed E-state index contributed by atoms with van der Waals surface area (Å²) in [5.74, 6) is 0.819. The van der Waals surface area contributed by atoms with Crippen molar-refractivity contribution in [3.8, 4) is 17.2 Å².